The van der Waals surface area contributed by atoms with Crippen LogP contribution in [0, 0.1) is 13.8 Å². The third-order valence-corrected chi connectivity index (χ3v) is 4.94. The number of hydrogen-bond acceptors (Lipinski definition) is 4. The van der Waals surface area contributed by atoms with Crippen molar-refractivity contribution < 1.29 is 4.79 Å². The van der Waals surface area contributed by atoms with Crippen LogP contribution in [0.15, 0.2) is 65.7 Å². The summed E-state index contributed by atoms with van der Waals surface area (Å²) in [6, 6.07) is 20.1. The zero-order valence-electron chi connectivity index (χ0n) is 14.9. The van der Waals surface area contributed by atoms with Crippen LogP contribution in [0.4, 0.5) is 0 Å². The van der Waals surface area contributed by atoms with Gasteiger partial charge in [0.2, 0.25) is 5.91 Å². The molecule has 132 valence electrons. The molecular weight excluding hydrogens is 342 g/mol. The number of nitrogens with zero attached hydrogens (tertiary/aromatic N) is 2. The first-order valence-corrected chi connectivity index (χ1v) is 9.45. The maximum atomic E-state index is 12.0. The third-order valence-electron chi connectivity index (χ3n) is 4.02. The van der Waals surface area contributed by atoms with Gasteiger partial charge in [-0.15, -0.1) is 10.2 Å². The van der Waals surface area contributed by atoms with Crippen molar-refractivity contribution in [1.82, 2.24) is 15.5 Å². The maximum Gasteiger partial charge on any atom is 0.230 e. The van der Waals surface area contributed by atoms with E-state index in [2.05, 4.69) is 28.5 Å². The normalized spacial score (nSPS) is 10.5. The molecule has 1 aromatic heterocycles. The van der Waals surface area contributed by atoms with Crippen LogP contribution in [-0.2, 0) is 11.3 Å². The lowest BCUT2D eigenvalue weighted by Gasteiger charge is -2.06. The van der Waals surface area contributed by atoms with Gasteiger partial charge < -0.3 is 5.32 Å². The number of carbonyl (C=O) groups is 1. The lowest BCUT2D eigenvalue weighted by atomic mass is 10.1. The molecule has 0 atom stereocenters. The number of hydrogen-bond donors (Lipinski definition) is 1. The molecule has 5 heteroatoms. The SMILES string of the molecule is Cc1ccc(CNC(=O)CSc2ccc(-c3ccccc3C)nn2)cc1. The number of rotatable bonds is 6. The highest BCUT2D eigenvalue weighted by atomic mass is 32.2. The second kappa shape index (κ2) is 8.63. The average molecular weight is 363 g/mol. The van der Waals surface area contributed by atoms with Crippen molar-refractivity contribution in [3.05, 3.63) is 77.4 Å². The number of thioether (sulfide) groups is 1. The van der Waals surface area contributed by atoms with Gasteiger partial charge in [0.05, 0.1) is 11.4 Å². The van der Waals surface area contributed by atoms with Gasteiger partial charge in [-0.3, -0.25) is 4.79 Å². The van der Waals surface area contributed by atoms with Gasteiger partial charge in [-0.05, 0) is 37.1 Å². The Kier molecular flexibility index (Phi) is 6.02. The van der Waals surface area contributed by atoms with Gasteiger partial charge in [-0.25, -0.2) is 0 Å². The Bertz CT molecular complexity index is 877. The van der Waals surface area contributed by atoms with E-state index in [-0.39, 0.29) is 5.91 Å². The summed E-state index contributed by atoms with van der Waals surface area (Å²) in [6.07, 6.45) is 0. The highest BCUT2D eigenvalue weighted by molar-refractivity contribution is 7.99. The summed E-state index contributed by atoms with van der Waals surface area (Å²) in [5.41, 5.74) is 5.39. The molecule has 0 bridgehead atoms. The molecule has 0 aliphatic carbocycles. The Hall–Kier alpha value is -2.66. The van der Waals surface area contributed by atoms with Crippen molar-refractivity contribution in [2.24, 2.45) is 0 Å². The Morgan fingerprint density at radius 2 is 1.73 bits per heavy atom. The predicted octanol–water partition coefficient (Wildman–Crippen LogP) is 4.17. The third kappa shape index (κ3) is 4.92. The minimum absolute atomic E-state index is 0.0136. The molecule has 0 fully saturated rings. The second-order valence-corrected chi connectivity index (χ2v) is 7.12. The fraction of sp³-hybridized carbons (Fsp3) is 0.190. The molecule has 1 heterocycles. The van der Waals surface area contributed by atoms with Gasteiger partial charge in [0.15, 0.2) is 0 Å². The molecule has 4 nitrogen and oxygen atoms in total. The first kappa shape index (κ1) is 18.1. The smallest absolute Gasteiger partial charge is 0.230 e. The molecule has 0 saturated heterocycles. The highest BCUT2D eigenvalue weighted by Gasteiger charge is 2.07. The maximum absolute atomic E-state index is 12.0. The minimum Gasteiger partial charge on any atom is -0.351 e. The summed E-state index contributed by atoms with van der Waals surface area (Å²) in [4.78, 5) is 12.0. The van der Waals surface area contributed by atoms with Crippen LogP contribution >= 0.6 is 11.8 Å². The Morgan fingerprint density at radius 3 is 2.42 bits per heavy atom. The van der Waals surface area contributed by atoms with Crippen LogP contribution in [0.2, 0.25) is 0 Å². The molecule has 0 saturated carbocycles. The Balaban J connectivity index is 1.50. The molecule has 1 N–H and O–H groups in total. The fourth-order valence-corrected chi connectivity index (χ4v) is 3.14. The van der Waals surface area contributed by atoms with Crippen molar-refractivity contribution >= 4 is 17.7 Å². The molecule has 3 aromatic rings. The minimum atomic E-state index is -0.0136. The van der Waals surface area contributed by atoms with E-state index in [1.54, 1.807) is 0 Å². The molecule has 0 unspecified atom stereocenters. The van der Waals surface area contributed by atoms with Crippen LogP contribution in [0.5, 0.6) is 0 Å². The van der Waals surface area contributed by atoms with Crippen LogP contribution in [0.25, 0.3) is 11.3 Å². The second-order valence-electron chi connectivity index (χ2n) is 6.12. The molecule has 2 aromatic carbocycles. The van der Waals surface area contributed by atoms with Crippen molar-refractivity contribution in [2.45, 2.75) is 25.4 Å². The van der Waals surface area contributed by atoms with Crippen LogP contribution in [-0.4, -0.2) is 21.9 Å². The summed E-state index contributed by atoms with van der Waals surface area (Å²) < 4.78 is 0. The summed E-state index contributed by atoms with van der Waals surface area (Å²) >= 11 is 1.39. The molecule has 0 aliphatic heterocycles. The van der Waals surface area contributed by atoms with Gasteiger partial charge in [-0.1, -0.05) is 65.9 Å². The van der Waals surface area contributed by atoms with E-state index in [0.29, 0.717) is 12.3 Å². The molecule has 3 rings (SSSR count). The van der Waals surface area contributed by atoms with E-state index in [1.165, 1.54) is 17.3 Å². The number of aryl methyl sites for hydroxylation is 2. The molecule has 26 heavy (non-hydrogen) atoms. The lowest BCUT2D eigenvalue weighted by molar-refractivity contribution is -0.118. The lowest BCUT2D eigenvalue weighted by Crippen LogP contribution is -2.24. The van der Waals surface area contributed by atoms with Gasteiger partial charge in [-0.2, -0.15) is 0 Å². The van der Waals surface area contributed by atoms with Crippen molar-refractivity contribution in [1.29, 1.82) is 0 Å². The van der Waals surface area contributed by atoms with Gasteiger partial charge in [0.25, 0.3) is 0 Å². The van der Waals surface area contributed by atoms with E-state index in [0.717, 1.165) is 27.4 Å². The van der Waals surface area contributed by atoms with E-state index in [1.807, 2.05) is 61.5 Å². The van der Waals surface area contributed by atoms with E-state index in [4.69, 9.17) is 0 Å². The summed E-state index contributed by atoms with van der Waals surface area (Å²) in [5, 5.41) is 12.2. The number of nitrogens with one attached hydrogen (secondary N) is 1. The molecule has 0 aliphatic rings. The summed E-state index contributed by atoms with van der Waals surface area (Å²) in [6.45, 7) is 4.64. The van der Waals surface area contributed by atoms with Crippen molar-refractivity contribution in [3.8, 4) is 11.3 Å². The standard InChI is InChI=1S/C21H21N3OS/c1-15-7-9-17(10-8-15)13-22-20(25)14-26-21-12-11-19(23-24-21)18-6-4-3-5-16(18)2/h3-12H,13-14H2,1-2H3,(H,22,25). The first-order valence-electron chi connectivity index (χ1n) is 8.46. The topological polar surface area (TPSA) is 54.9 Å². The van der Waals surface area contributed by atoms with E-state index in [9.17, 15) is 4.79 Å². The van der Waals surface area contributed by atoms with Crippen LogP contribution < -0.4 is 5.32 Å². The largest absolute Gasteiger partial charge is 0.351 e. The van der Waals surface area contributed by atoms with Crippen molar-refractivity contribution in [3.63, 3.8) is 0 Å². The first-order chi connectivity index (χ1) is 12.6. The van der Waals surface area contributed by atoms with Gasteiger partial charge >= 0.3 is 0 Å². The van der Waals surface area contributed by atoms with Crippen molar-refractivity contribution in [2.75, 3.05) is 5.75 Å². The number of carbonyl (C=O) groups excluding carboxylic acids is 1. The van der Waals surface area contributed by atoms with Gasteiger partial charge in [0, 0.05) is 12.1 Å². The molecule has 0 spiro atoms. The Morgan fingerprint density at radius 1 is 0.962 bits per heavy atom. The zero-order chi connectivity index (χ0) is 18.4. The highest BCUT2D eigenvalue weighted by Crippen LogP contribution is 2.22. The summed E-state index contributed by atoms with van der Waals surface area (Å²) in [5.74, 6) is 0.310. The predicted molar refractivity (Wildman–Crippen MR) is 106 cm³/mol. The van der Waals surface area contributed by atoms with Crippen LogP contribution in [0.1, 0.15) is 16.7 Å². The zero-order valence-corrected chi connectivity index (χ0v) is 15.7. The summed E-state index contributed by atoms with van der Waals surface area (Å²) in [7, 11) is 0. The van der Waals surface area contributed by atoms with Crippen LogP contribution in [0.3, 0.4) is 0 Å². The monoisotopic (exact) mass is 363 g/mol. The molecular formula is C21H21N3OS. The Labute approximate surface area is 158 Å². The van der Waals surface area contributed by atoms with E-state index >= 15 is 0 Å². The molecule has 1 amide bonds. The number of benzene rings is 2. The molecule has 0 radical (unpaired) electrons. The fourth-order valence-electron chi connectivity index (χ4n) is 2.50. The quantitative estimate of drug-likeness (QED) is 0.668. The average Bonchev–Trinajstić information content (AvgIpc) is 2.67. The van der Waals surface area contributed by atoms with Gasteiger partial charge in [0.1, 0.15) is 5.03 Å². The van der Waals surface area contributed by atoms with E-state index < -0.39 is 0 Å². The number of amides is 1. The number of aromatic nitrogens is 2.